The number of thioether (sulfide) groups is 1. The number of carbonyl (C=O) groups excluding carboxylic acids is 2. The Labute approximate surface area is 106 Å². The highest BCUT2D eigenvalue weighted by atomic mass is 32.2. The van der Waals surface area contributed by atoms with Crippen molar-refractivity contribution in [2.24, 2.45) is 0 Å². The van der Waals surface area contributed by atoms with Crippen LogP contribution in [0.15, 0.2) is 23.1 Å². The van der Waals surface area contributed by atoms with Crippen molar-refractivity contribution in [1.29, 1.82) is 0 Å². The van der Waals surface area contributed by atoms with Crippen LogP contribution in [0.4, 0.5) is 0 Å². The molecule has 0 amide bonds. The molecule has 1 rings (SSSR count). The van der Waals surface area contributed by atoms with E-state index < -0.39 is 0 Å². The summed E-state index contributed by atoms with van der Waals surface area (Å²) in [6, 6.07) is 5.39. The Balaban J connectivity index is 2.86. The van der Waals surface area contributed by atoms with Crippen LogP contribution in [-0.4, -0.2) is 24.1 Å². The number of carbonyl (C=O) groups is 2. The van der Waals surface area contributed by atoms with Gasteiger partial charge >= 0.3 is 5.97 Å². The van der Waals surface area contributed by atoms with E-state index in [1.807, 2.05) is 13.0 Å². The van der Waals surface area contributed by atoms with Gasteiger partial charge in [-0.05, 0) is 38.5 Å². The van der Waals surface area contributed by atoms with Gasteiger partial charge in [-0.2, -0.15) is 0 Å². The Morgan fingerprint density at radius 3 is 2.65 bits per heavy atom. The molecule has 17 heavy (non-hydrogen) atoms. The zero-order valence-electron chi connectivity index (χ0n) is 10.3. The molecule has 3 nitrogen and oxygen atoms in total. The van der Waals surface area contributed by atoms with Crippen LogP contribution in [0.3, 0.4) is 0 Å². The number of hydrogen-bond donors (Lipinski definition) is 0. The van der Waals surface area contributed by atoms with Gasteiger partial charge in [-0.25, -0.2) is 4.79 Å². The maximum absolute atomic E-state index is 11.5. The van der Waals surface area contributed by atoms with E-state index in [0.29, 0.717) is 17.9 Å². The largest absolute Gasteiger partial charge is 0.462 e. The second-order valence-corrected chi connectivity index (χ2v) is 4.71. The van der Waals surface area contributed by atoms with Crippen LogP contribution in [0, 0.1) is 6.92 Å². The van der Waals surface area contributed by atoms with E-state index in [1.54, 1.807) is 26.0 Å². The fourth-order valence-corrected chi connectivity index (χ4v) is 2.14. The highest BCUT2D eigenvalue weighted by molar-refractivity contribution is 8.00. The number of Topliss-reactive ketones (excluding diaryl/α,β-unsaturated/α-hetero) is 1. The number of ketones is 1. The van der Waals surface area contributed by atoms with Crippen molar-refractivity contribution < 1.29 is 14.3 Å². The molecule has 0 aliphatic rings. The highest BCUT2D eigenvalue weighted by Gasteiger charge is 2.09. The molecule has 0 saturated heterocycles. The molecule has 92 valence electrons. The average Bonchev–Trinajstić information content (AvgIpc) is 2.28. The van der Waals surface area contributed by atoms with Gasteiger partial charge in [-0.3, -0.25) is 4.79 Å². The Hall–Kier alpha value is -1.29. The van der Waals surface area contributed by atoms with E-state index in [1.165, 1.54) is 11.8 Å². The first-order chi connectivity index (χ1) is 8.04. The van der Waals surface area contributed by atoms with Gasteiger partial charge in [-0.15, -0.1) is 11.8 Å². The molecular weight excluding hydrogens is 236 g/mol. The van der Waals surface area contributed by atoms with E-state index in [4.69, 9.17) is 4.74 Å². The van der Waals surface area contributed by atoms with Gasteiger partial charge in [0, 0.05) is 4.90 Å². The van der Waals surface area contributed by atoms with Gasteiger partial charge in [0.2, 0.25) is 0 Å². The monoisotopic (exact) mass is 252 g/mol. The van der Waals surface area contributed by atoms with E-state index in [0.717, 1.165) is 10.5 Å². The van der Waals surface area contributed by atoms with Crippen molar-refractivity contribution in [3.05, 3.63) is 29.3 Å². The molecule has 0 aliphatic heterocycles. The summed E-state index contributed by atoms with van der Waals surface area (Å²) in [5.74, 6) is 0.223. The predicted molar refractivity (Wildman–Crippen MR) is 68.5 cm³/mol. The normalized spacial score (nSPS) is 10.1. The summed E-state index contributed by atoms with van der Waals surface area (Å²) in [5, 5.41) is 0. The van der Waals surface area contributed by atoms with E-state index in [9.17, 15) is 9.59 Å². The number of ether oxygens (including phenoxy) is 1. The zero-order chi connectivity index (χ0) is 12.8. The topological polar surface area (TPSA) is 43.4 Å². The molecule has 1 aromatic rings. The number of aryl methyl sites for hydroxylation is 1. The SMILES string of the molecule is CCOC(=O)c1ccc(C)c(SCC(C)=O)c1. The molecule has 0 aliphatic carbocycles. The molecule has 0 heterocycles. The summed E-state index contributed by atoms with van der Waals surface area (Å²) < 4.78 is 4.93. The van der Waals surface area contributed by atoms with Crippen molar-refractivity contribution in [3.63, 3.8) is 0 Å². The first kappa shape index (κ1) is 13.8. The minimum atomic E-state index is -0.322. The molecule has 0 spiro atoms. The third-order valence-corrected chi connectivity index (χ3v) is 3.43. The van der Waals surface area contributed by atoms with Crippen molar-refractivity contribution in [1.82, 2.24) is 0 Å². The van der Waals surface area contributed by atoms with E-state index in [2.05, 4.69) is 0 Å². The average molecular weight is 252 g/mol. The third kappa shape index (κ3) is 4.23. The van der Waals surface area contributed by atoms with Crippen molar-refractivity contribution >= 4 is 23.5 Å². The minimum Gasteiger partial charge on any atom is -0.462 e. The molecule has 0 atom stereocenters. The van der Waals surface area contributed by atoms with Crippen LogP contribution in [-0.2, 0) is 9.53 Å². The number of rotatable bonds is 5. The van der Waals surface area contributed by atoms with Crippen LogP contribution in [0.2, 0.25) is 0 Å². The first-order valence-electron chi connectivity index (χ1n) is 5.44. The van der Waals surface area contributed by atoms with Crippen LogP contribution >= 0.6 is 11.8 Å². The lowest BCUT2D eigenvalue weighted by atomic mass is 10.1. The predicted octanol–water partition coefficient (Wildman–Crippen LogP) is 2.85. The molecule has 0 unspecified atom stereocenters. The second kappa shape index (κ2) is 6.45. The van der Waals surface area contributed by atoms with Crippen molar-refractivity contribution in [3.8, 4) is 0 Å². The smallest absolute Gasteiger partial charge is 0.338 e. The van der Waals surface area contributed by atoms with Gasteiger partial charge in [0.25, 0.3) is 0 Å². The molecule has 0 N–H and O–H groups in total. The third-order valence-electron chi connectivity index (χ3n) is 2.13. The molecule has 0 radical (unpaired) electrons. The second-order valence-electron chi connectivity index (χ2n) is 3.69. The molecule has 0 bridgehead atoms. The van der Waals surface area contributed by atoms with Gasteiger partial charge < -0.3 is 4.74 Å². The van der Waals surface area contributed by atoms with Crippen LogP contribution in [0.5, 0.6) is 0 Å². The highest BCUT2D eigenvalue weighted by Crippen LogP contribution is 2.24. The quantitative estimate of drug-likeness (QED) is 0.597. The molecule has 1 aromatic carbocycles. The summed E-state index contributed by atoms with van der Waals surface area (Å²) >= 11 is 1.45. The molecule has 0 saturated carbocycles. The standard InChI is InChI=1S/C13H16O3S/c1-4-16-13(15)11-6-5-9(2)12(7-11)17-8-10(3)14/h5-7H,4,8H2,1-3H3. The fourth-order valence-electron chi connectivity index (χ4n) is 1.28. The summed E-state index contributed by atoms with van der Waals surface area (Å²) in [6.07, 6.45) is 0. The van der Waals surface area contributed by atoms with Gasteiger partial charge in [0.15, 0.2) is 0 Å². The lowest BCUT2D eigenvalue weighted by Gasteiger charge is -2.07. The molecule has 0 aromatic heterocycles. The Morgan fingerprint density at radius 1 is 1.35 bits per heavy atom. The molecular formula is C13H16O3S. The maximum atomic E-state index is 11.5. The number of esters is 1. The van der Waals surface area contributed by atoms with Crippen molar-refractivity contribution in [2.45, 2.75) is 25.7 Å². The van der Waals surface area contributed by atoms with Crippen LogP contribution in [0.1, 0.15) is 29.8 Å². The minimum absolute atomic E-state index is 0.121. The maximum Gasteiger partial charge on any atom is 0.338 e. The summed E-state index contributed by atoms with van der Waals surface area (Å²) in [4.78, 5) is 23.4. The van der Waals surface area contributed by atoms with Crippen molar-refractivity contribution in [2.75, 3.05) is 12.4 Å². The van der Waals surface area contributed by atoms with E-state index >= 15 is 0 Å². The lowest BCUT2D eigenvalue weighted by molar-refractivity contribution is -0.114. The lowest BCUT2D eigenvalue weighted by Crippen LogP contribution is -2.05. The van der Waals surface area contributed by atoms with Gasteiger partial charge in [-0.1, -0.05) is 6.07 Å². The van der Waals surface area contributed by atoms with Crippen LogP contribution < -0.4 is 0 Å². The fraction of sp³-hybridized carbons (Fsp3) is 0.385. The summed E-state index contributed by atoms with van der Waals surface area (Å²) in [5.41, 5.74) is 1.59. The summed E-state index contributed by atoms with van der Waals surface area (Å²) in [7, 11) is 0. The Kier molecular flexibility index (Phi) is 5.22. The molecule has 0 fully saturated rings. The van der Waals surface area contributed by atoms with Gasteiger partial charge in [0.05, 0.1) is 17.9 Å². The van der Waals surface area contributed by atoms with Crippen LogP contribution in [0.25, 0.3) is 0 Å². The summed E-state index contributed by atoms with van der Waals surface area (Å²) in [6.45, 7) is 5.65. The zero-order valence-corrected chi connectivity index (χ0v) is 11.1. The Morgan fingerprint density at radius 2 is 2.06 bits per heavy atom. The first-order valence-corrected chi connectivity index (χ1v) is 6.43. The molecule has 4 heteroatoms. The van der Waals surface area contributed by atoms with Gasteiger partial charge in [0.1, 0.15) is 5.78 Å². The Bertz CT molecular complexity index is 427. The number of benzene rings is 1. The van der Waals surface area contributed by atoms with E-state index in [-0.39, 0.29) is 11.8 Å². The number of hydrogen-bond acceptors (Lipinski definition) is 4.